The van der Waals surface area contributed by atoms with Crippen LogP contribution < -0.4 is 5.32 Å². The Kier molecular flexibility index (Phi) is 5.03. The SMILES string of the molecule is CCN(C)CC1(CNC(C)C)CCOC1. The van der Waals surface area contributed by atoms with Crippen LogP contribution in [0.5, 0.6) is 0 Å². The number of hydrogen-bond donors (Lipinski definition) is 1. The molecule has 3 heteroatoms. The van der Waals surface area contributed by atoms with Crippen LogP contribution in [0, 0.1) is 5.41 Å². The van der Waals surface area contributed by atoms with Crippen LogP contribution in [-0.2, 0) is 4.74 Å². The number of nitrogens with zero attached hydrogens (tertiary/aromatic N) is 1. The molecule has 0 radical (unpaired) electrons. The van der Waals surface area contributed by atoms with Crippen molar-refractivity contribution in [3.05, 3.63) is 0 Å². The van der Waals surface area contributed by atoms with Gasteiger partial charge in [-0.1, -0.05) is 20.8 Å². The molecule has 1 aliphatic heterocycles. The van der Waals surface area contributed by atoms with Crippen LogP contribution in [0.2, 0.25) is 0 Å². The Morgan fingerprint density at radius 2 is 2.20 bits per heavy atom. The smallest absolute Gasteiger partial charge is 0.0547 e. The molecular weight excluding hydrogens is 188 g/mol. The van der Waals surface area contributed by atoms with E-state index in [1.54, 1.807) is 0 Å². The maximum atomic E-state index is 5.57. The van der Waals surface area contributed by atoms with Crippen molar-refractivity contribution in [2.45, 2.75) is 33.2 Å². The van der Waals surface area contributed by atoms with Gasteiger partial charge in [-0.2, -0.15) is 0 Å². The summed E-state index contributed by atoms with van der Waals surface area (Å²) in [6.45, 7) is 11.8. The molecule has 0 aliphatic carbocycles. The third-order valence-electron chi connectivity index (χ3n) is 3.22. The molecule has 15 heavy (non-hydrogen) atoms. The highest BCUT2D eigenvalue weighted by atomic mass is 16.5. The molecule has 1 rings (SSSR count). The minimum atomic E-state index is 0.342. The first-order valence-electron chi connectivity index (χ1n) is 6.08. The van der Waals surface area contributed by atoms with Gasteiger partial charge in [0.25, 0.3) is 0 Å². The lowest BCUT2D eigenvalue weighted by Crippen LogP contribution is -2.45. The molecule has 0 amide bonds. The summed E-state index contributed by atoms with van der Waals surface area (Å²) < 4.78 is 5.57. The number of rotatable bonds is 6. The van der Waals surface area contributed by atoms with E-state index in [4.69, 9.17) is 4.74 Å². The molecule has 3 nitrogen and oxygen atoms in total. The van der Waals surface area contributed by atoms with Gasteiger partial charge >= 0.3 is 0 Å². The summed E-state index contributed by atoms with van der Waals surface area (Å²) in [7, 11) is 2.19. The second kappa shape index (κ2) is 5.83. The molecule has 0 bridgehead atoms. The zero-order valence-corrected chi connectivity index (χ0v) is 10.7. The number of ether oxygens (including phenoxy) is 1. The van der Waals surface area contributed by atoms with Gasteiger partial charge < -0.3 is 15.0 Å². The highest BCUT2D eigenvalue weighted by Gasteiger charge is 2.35. The average Bonchev–Trinajstić information content (AvgIpc) is 2.64. The molecule has 90 valence electrons. The Bertz CT molecular complexity index is 176. The quantitative estimate of drug-likeness (QED) is 0.722. The lowest BCUT2D eigenvalue weighted by atomic mass is 9.86. The van der Waals surface area contributed by atoms with Crippen molar-refractivity contribution >= 4 is 0 Å². The lowest BCUT2D eigenvalue weighted by molar-refractivity contribution is 0.119. The van der Waals surface area contributed by atoms with Crippen LogP contribution in [0.25, 0.3) is 0 Å². The molecular formula is C12H26N2O. The third kappa shape index (κ3) is 4.09. The van der Waals surface area contributed by atoms with Crippen molar-refractivity contribution in [2.75, 3.05) is 39.9 Å². The fraction of sp³-hybridized carbons (Fsp3) is 1.00. The second-order valence-corrected chi connectivity index (χ2v) is 5.17. The van der Waals surface area contributed by atoms with E-state index in [2.05, 4.69) is 38.0 Å². The Hall–Kier alpha value is -0.120. The van der Waals surface area contributed by atoms with Crippen LogP contribution >= 0.6 is 0 Å². The van der Waals surface area contributed by atoms with E-state index in [1.165, 1.54) is 6.42 Å². The van der Waals surface area contributed by atoms with Crippen molar-refractivity contribution < 1.29 is 4.74 Å². The molecule has 1 saturated heterocycles. The summed E-state index contributed by atoms with van der Waals surface area (Å²) in [4.78, 5) is 2.39. The first-order valence-corrected chi connectivity index (χ1v) is 6.08. The second-order valence-electron chi connectivity index (χ2n) is 5.17. The molecule has 0 aromatic heterocycles. The van der Waals surface area contributed by atoms with Crippen LogP contribution in [0.4, 0.5) is 0 Å². The van der Waals surface area contributed by atoms with E-state index in [0.29, 0.717) is 11.5 Å². The molecule has 1 aliphatic rings. The van der Waals surface area contributed by atoms with Gasteiger partial charge in [0.2, 0.25) is 0 Å². The van der Waals surface area contributed by atoms with Crippen molar-refractivity contribution in [2.24, 2.45) is 5.41 Å². The van der Waals surface area contributed by atoms with Crippen LogP contribution in [0.3, 0.4) is 0 Å². The van der Waals surface area contributed by atoms with Gasteiger partial charge in [-0.05, 0) is 20.0 Å². The monoisotopic (exact) mass is 214 g/mol. The van der Waals surface area contributed by atoms with E-state index < -0.39 is 0 Å². The molecule has 1 heterocycles. The summed E-state index contributed by atoms with van der Waals surface area (Å²) >= 11 is 0. The normalized spacial score (nSPS) is 26.8. The number of nitrogens with one attached hydrogen (secondary N) is 1. The molecule has 0 aromatic carbocycles. The minimum absolute atomic E-state index is 0.342. The van der Waals surface area contributed by atoms with Crippen molar-refractivity contribution in [1.29, 1.82) is 0 Å². The van der Waals surface area contributed by atoms with Crippen molar-refractivity contribution in [3.63, 3.8) is 0 Å². The van der Waals surface area contributed by atoms with E-state index in [9.17, 15) is 0 Å². The molecule has 0 aromatic rings. The molecule has 0 saturated carbocycles. The molecule has 1 atom stereocenters. The predicted octanol–water partition coefficient (Wildman–Crippen LogP) is 1.34. The fourth-order valence-electron chi connectivity index (χ4n) is 2.07. The van der Waals surface area contributed by atoms with E-state index in [0.717, 1.165) is 32.8 Å². The first-order chi connectivity index (χ1) is 7.08. The summed E-state index contributed by atoms with van der Waals surface area (Å²) in [6, 6.07) is 0.564. The van der Waals surface area contributed by atoms with Gasteiger partial charge in [0.1, 0.15) is 0 Å². The minimum Gasteiger partial charge on any atom is -0.381 e. The van der Waals surface area contributed by atoms with Crippen LogP contribution in [0.1, 0.15) is 27.2 Å². The van der Waals surface area contributed by atoms with Crippen LogP contribution in [-0.4, -0.2) is 50.8 Å². The van der Waals surface area contributed by atoms with Gasteiger partial charge in [0.15, 0.2) is 0 Å². The molecule has 0 spiro atoms. The van der Waals surface area contributed by atoms with E-state index in [1.807, 2.05) is 0 Å². The summed E-state index contributed by atoms with van der Waals surface area (Å²) in [5.41, 5.74) is 0.342. The first kappa shape index (κ1) is 12.9. The Labute approximate surface area is 94.2 Å². The summed E-state index contributed by atoms with van der Waals surface area (Å²) in [5, 5.41) is 3.55. The van der Waals surface area contributed by atoms with E-state index >= 15 is 0 Å². The Morgan fingerprint density at radius 3 is 2.67 bits per heavy atom. The molecule has 1 unspecified atom stereocenters. The van der Waals surface area contributed by atoms with Gasteiger partial charge in [0.05, 0.1) is 6.61 Å². The summed E-state index contributed by atoms with van der Waals surface area (Å²) in [6.07, 6.45) is 1.19. The van der Waals surface area contributed by atoms with Gasteiger partial charge in [-0.25, -0.2) is 0 Å². The predicted molar refractivity (Wildman–Crippen MR) is 64.2 cm³/mol. The van der Waals surface area contributed by atoms with Gasteiger partial charge in [0, 0.05) is 31.2 Å². The van der Waals surface area contributed by atoms with Crippen molar-refractivity contribution in [3.8, 4) is 0 Å². The topological polar surface area (TPSA) is 24.5 Å². The van der Waals surface area contributed by atoms with Crippen molar-refractivity contribution in [1.82, 2.24) is 10.2 Å². The zero-order valence-electron chi connectivity index (χ0n) is 10.7. The average molecular weight is 214 g/mol. The van der Waals surface area contributed by atoms with Gasteiger partial charge in [-0.15, -0.1) is 0 Å². The highest BCUT2D eigenvalue weighted by Crippen LogP contribution is 2.28. The number of hydrogen-bond acceptors (Lipinski definition) is 3. The third-order valence-corrected chi connectivity index (χ3v) is 3.22. The lowest BCUT2D eigenvalue weighted by Gasteiger charge is -2.32. The Balaban J connectivity index is 2.46. The largest absolute Gasteiger partial charge is 0.381 e. The van der Waals surface area contributed by atoms with E-state index in [-0.39, 0.29) is 0 Å². The summed E-state index contributed by atoms with van der Waals surface area (Å²) in [5.74, 6) is 0. The standard InChI is InChI=1S/C12H26N2O/c1-5-14(4)9-12(6-7-15-10-12)8-13-11(2)3/h11,13H,5-10H2,1-4H3. The van der Waals surface area contributed by atoms with Crippen LogP contribution in [0.15, 0.2) is 0 Å². The maximum absolute atomic E-state index is 5.57. The molecule has 1 fully saturated rings. The molecule has 1 N–H and O–H groups in total. The fourth-order valence-corrected chi connectivity index (χ4v) is 2.07. The van der Waals surface area contributed by atoms with Gasteiger partial charge in [-0.3, -0.25) is 0 Å². The zero-order chi connectivity index (χ0) is 11.3. The Morgan fingerprint density at radius 1 is 1.47 bits per heavy atom. The highest BCUT2D eigenvalue weighted by molar-refractivity contribution is 4.88. The maximum Gasteiger partial charge on any atom is 0.0547 e.